The van der Waals surface area contributed by atoms with Crippen molar-refractivity contribution in [3.8, 4) is 17.0 Å². The number of hydrogen-bond donors (Lipinski definition) is 1. The molecule has 1 atom stereocenters. The highest BCUT2D eigenvalue weighted by molar-refractivity contribution is 7.98. The van der Waals surface area contributed by atoms with Gasteiger partial charge in [0.1, 0.15) is 11.9 Å². The van der Waals surface area contributed by atoms with Gasteiger partial charge in [-0.05, 0) is 24.5 Å². The van der Waals surface area contributed by atoms with Gasteiger partial charge in [-0.25, -0.2) is 15.0 Å². The standard InChI is InChI=1S/C21H18ClN5O2S2/c1-30-20-23-3-2-17(26-20)12-6-13-7-15(29-19(13)16(22)8-12)10-24-18(28)9-14-11-27-4-5-31-21(27)25-14/h2-6,8,11,15H,7,9-10H2,1H3,(H,24,28)/t15-/m1/s1. The van der Waals surface area contributed by atoms with Gasteiger partial charge in [0.15, 0.2) is 10.1 Å². The Balaban J connectivity index is 1.23. The zero-order valence-electron chi connectivity index (χ0n) is 16.5. The molecule has 4 aromatic rings. The maximum absolute atomic E-state index is 12.4. The Morgan fingerprint density at radius 1 is 1.42 bits per heavy atom. The van der Waals surface area contributed by atoms with E-state index in [4.69, 9.17) is 16.3 Å². The Morgan fingerprint density at radius 2 is 2.32 bits per heavy atom. The monoisotopic (exact) mass is 471 g/mol. The lowest BCUT2D eigenvalue weighted by Gasteiger charge is -2.12. The molecule has 1 N–H and O–H groups in total. The van der Waals surface area contributed by atoms with Crippen LogP contribution in [0.3, 0.4) is 0 Å². The van der Waals surface area contributed by atoms with Crippen LogP contribution in [0.1, 0.15) is 11.3 Å². The molecule has 1 aromatic carbocycles. The predicted octanol–water partition coefficient (Wildman–Crippen LogP) is 3.89. The molecule has 0 unspecified atom stereocenters. The van der Waals surface area contributed by atoms with Crippen LogP contribution >= 0.6 is 34.7 Å². The van der Waals surface area contributed by atoms with Gasteiger partial charge in [-0.1, -0.05) is 23.4 Å². The molecule has 31 heavy (non-hydrogen) atoms. The quantitative estimate of drug-likeness (QED) is 0.339. The van der Waals surface area contributed by atoms with E-state index in [9.17, 15) is 4.79 Å². The Hall–Kier alpha value is -2.62. The van der Waals surface area contributed by atoms with E-state index in [1.807, 2.05) is 46.6 Å². The second-order valence-corrected chi connectivity index (χ2v) is 9.18. The molecule has 5 rings (SSSR count). The lowest BCUT2D eigenvalue weighted by molar-refractivity contribution is -0.120. The first-order chi connectivity index (χ1) is 15.1. The first-order valence-corrected chi connectivity index (χ1v) is 12.1. The summed E-state index contributed by atoms with van der Waals surface area (Å²) in [5, 5.41) is 6.17. The summed E-state index contributed by atoms with van der Waals surface area (Å²) in [4.78, 5) is 26.5. The number of nitrogens with one attached hydrogen (secondary N) is 1. The third kappa shape index (κ3) is 4.26. The van der Waals surface area contributed by atoms with Crippen LogP contribution in [-0.2, 0) is 17.6 Å². The number of halogens is 1. The van der Waals surface area contributed by atoms with E-state index in [0.717, 1.165) is 27.5 Å². The molecular formula is C21H18ClN5O2S2. The first-order valence-electron chi connectivity index (χ1n) is 9.63. The Bertz CT molecular complexity index is 1240. The van der Waals surface area contributed by atoms with Crippen molar-refractivity contribution < 1.29 is 9.53 Å². The SMILES string of the molecule is CSc1nccc(-c2cc(Cl)c3c(c2)C[C@H](CNC(=O)Cc2cn4ccsc4n2)O3)n1. The number of imidazole rings is 1. The highest BCUT2D eigenvalue weighted by Crippen LogP contribution is 2.39. The normalized spacial score (nSPS) is 15.1. The van der Waals surface area contributed by atoms with E-state index in [-0.39, 0.29) is 18.4 Å². The fraction of sp³-hybridized carbons (Fsp3) is 0.238. The zero-order chi connectivity index (χ0) is 21.4. The van der Waals surface area contributed by atoms with Gasteiger partial charge in [0.25, 0.3) is 0 Å². The fourth-order valence-corrected chi connectivity index (χ4v) is 4.92. The number of carbonyl (C=O) groups is 1. The number of fused-ring (bicyclic) bond motifs is 2. The third-order valence-electron chi connectivity index (χ3n) is 4.98. The van der Waals surface area contributed by atoms with Crippen molar-refractivity contribution in [3.63, 3.8) is 0 Å². The largest absolute Gasteiger partial charge is 0.486 e. The van der Waals surface area contributed by atoms with E-state index < -0.39 is 0 Å². The average Bonchev–Trinajstić information content (AvgIpc) is 3.47. The van der Waals surface area contributed by atoms with Crippen molar-refractivity contribution in [2.75, 3.05) is 12.8 Å². The van der Waals surface area contributed by atoms with Crippen molar-refractivity contribution in [1.82, 2.24) is 24.7 Å². The molecule has 7 nitrogen and oxygen atoms in total. The summed E-state index contributed by atoms with van der Waals surface area (Å²) < 4.78 is 7.93. The van der Waals surface area contributed by atoms with Gasteiger partial charge in [0, 0.05) is 41.5 Å². The van der Waals surface area contributed by atoms with Crippen molar-refractivity contribution >= 4 is 45.6 Å². The molecule has 0 saturated heterocycles. The van der Waals surface area contributed by atoms with Crippen molar-refractivity contribution in [1.29, 1.82) is 0 Å². The minimum absolute atomic E-state index is 0.0809. The minimum atomic E-state index is -0.163. The second-order valence-electron chi connectivity index (χ2n) is 7.12. The molecule has 0 spiro atoms. The Morgan fingerprint density at radius 3 is 3.16 bits per heavy atom. The molecule has 0 aliphatic carbocycles. The molecule has 4 heterocycles. The molecule has 0 radical (unpaired) electrons. The molecule has 0 fully saturated rings. The molecule has 1 aliphatic heterocycles. The topological polar surface area (TPSA) is 81.4 Å². The molecule has 10 heteroatoms. The highest BCUT2D eigenvalue weighted by atomic mass is 35.5. The molecule has 1 amide bonds. The van der Waals surface area contributed by atoms with Crippen molar-refractivity contribution in [3.05, 3.63) is 58.4 Å². The van der Waals surface area contributed by atoms with Gasteiger partial charge in [-0.2, -0.15) is 0 Å². The summed E-state index contributed by atoms with van der Waals surface area (Å²) in [6.45, 7) is 0.408. The van der Waals surface area contributed by atoms with Gasteiger partial charge >= 0.3 is 0 Å². The number of thiazole rings is 1. The number of aromatic nitrogens is 4. The number of carbonyl (C=O) groups excluding carboxylic acids is 1. The zero-order valence-corrected chi connectivity index (χ0v) is 18.9. The molecule has 3 aromatic heterocycles. The number of ether oxygens (including phenoxy) is 1. The van der Waals surface area contributed by atoms with Gasteiger partial charge < -0.3 is 10.1 Å². The summed E-state index contributed by atoms with van der Waals surface area (Å²) >= 11 is 9.53. The van der Waals surface area contributed by atoms with E-state index >= 15 is 0 Å². The first kappa shape index (κ1) is 20.3. The molecular weight excluding hydrogens is 454 g/mol. The smallest absolute Gasteiger partial charge is 0.226 e. The highest BCUT2D eigenvalue weighted by Gasteiger charge is 2.26. The number of hydrogen-bond acceptors (Lipinski definition) is 7. The summed E-state index contributed by atoms with van der Waals surface area (Å²) in [5.74, 6) is 0.598. The Labute approximate surface area is 191 Å². The fourth-order valence-electron chi connectivity index (χ4n) is 3.57. The summed E-state index contributed by atoms with van der Waals surface area (Å²) in [6.07, 6.45) is 8.24. The summed E-state index contributed by atoms with van der Waals surface area (Å²) in [6, 6.07) is 5.77. The van der Waals surface area contributed by atoms with Crippen LogP contribution in [-0.4, -0.2) is 44.2 Å². The maximum atomic E-state index is 12.4. The number of benzene rings is 1. The Kier molecular flexibility index (Phi) is 5.56. The minimum Gasteiger partial charge on any atom is -0.486 e. The average molecular weight is 472 g/mol. The van der Waals surface area contributed by atoms with Crippen LogP contribution in [0.5, 0.6) is 5.75 Å². The van der Waals surface area contributed by atoms with Crippen LogP contribution < -0.4 is 10.1 Å². The number of nitrogens with zero attached hydrogens (tertiary/aromatic N) is 4. The number of rotatable bonds is 6. The number of amides is 1. The van der Waals surface area contributed by atoms with E-state index in [0.29, 0.717) is 28.9 Å². The van der Waals surface area contributed by atoms with E-state index in [1.165, 1.54) is 11.8 Å². The predicted molar refractivity (Wildman–Crippen MR) is 122 cm³/mol. The van der Waals surface area contributed by atoms with Crippen LogP contribution in [0, 0.1) is 0 Å². The number of thioether (sulfide) groups is 1. The summed E-state index contributed by atoms with van der Waals surface area (Å²) in [7, 11) is 0. The molecule has 0 saturated carbocycles. The van der Waals surface area contributed by atoms with E-state index in [2.05, 4.69) is 20.3 Å². The third-order valence-corrected chi connectivity index (χ3v) is 6.59. The van der Waals surface area contributed by atoms with Gasteiger partial charge in [0.2, 0.25) is 5.91 Å². The van der Waals surface area contributed by atoms with Crippen molar-refractivity contribution in [2.24, 2.45) is 0 Å². The van der Waals surface area contributed by atoms with Gasteiger partial charge in [-0.15, -0.1) is 11.3 Å². The van der Waals surface area contributed by atoms with Gasteiger partial charge in [-0.3, -0.25) is 9.20 Å². The van der Waals surface area contributed by atoms with Crippen molar-refractivity contribution in [2.45, 2.75) is 24.1 Å². The van der Waals surface area contributed by atoms with Crippen LogP contribution in [0.15, 0.2) is 47.3 Å². The van der Waals surface area contributed by atoms with Crippen LogP contribution in [0.25, 0.3) is 16.2 Å². The molecule has 0 bridgehead atoms. The van der Waals surface area contributed by atoms with Crippen LogP contribution in [0.2, 0.25) is 5.02 Å². The molecule has 158 valence electrons. The van der Waals surface area contributed by atoms with Crippen LogP contribution in [0.4, 0.5) is 0 Å². The second kappa shape index (κ2) is 8.49. The van der Waals surface area contributed by atoms with E-state index in [1.54, 1.807) is 17.5 Å². The lowest BCUT2D eigenvalue weighted by Crippen LogP contribution is -2.35. The summed E-state index contributed by atoms with van der Waals surface area (Å²) in [5.41, 5.74) is 3.51. The van der Waals surface area contributed by atoms with Gasteiger partial charge in [0.05, 0.1) is 29.4 Å². The maximum Gasteiger partial charge on any atom is 0.226 e. The lowest BCUT2D eigenvalue weighted by atomic mass is 10.0. The molecule has 1 aliphatic rings.